The zero-order valence-electron chi connectivity index (χ0n) is 11.3. The van der Waals surface area contributed by atoms with E-state index in [-0.39, 0.29) is 0 Å². The minimum Gasteiger partial charge on any atom is -0.330 e. The lowest BCUT2D eigenvalue weighted by Crippen LogP contribution is -2.05. The monoisotopic (exact) mass is 213 g/mol. The van der Waals surface area contributed by atoms with E-state index in [4.69, 9.17) is 5.73 Å². The summed E-state index contributed by atoms with van der Waals surface area (Å²) in [6.07, 6.45) is 8.09. The maximum Gasteiger partial charge on any atom is -0.00772 e. The Morgan fingerprint density at radius 2 is 1.20 bits per heavy atom. The molecule has 0 aromatic carbocycles. The molecule has 0 fully saturated rings. The van der Waals surface area contributed by atoms with Gasteiger partial charge in [0.2, 0.25) is 0 Å². The molecular weight excluding hydrogens is 182 g/mol. The zero-order chi connectivity index (χ0) is 11.7. The third kappa shape index (κ3) is 10.2. The molecule has 15 heavy (non-hydrogen) atoms. The first-order chi connectivity index (χ1) is 7.06. The minimum atomic E-state index is 0.854. The van der Waals surface area contributed by atoms with E-state index < -0.39 is 0 Å². The summed E-state index contributed by atoms with van der Waals surface area (Å²) in [7, 11) is 0. The topological polar surface area (TPSA) is 26.0 Å². The Morgan fingerprint density at radius 1 is 0.733 bits per heavy atom. The van der Waals surface area contributed by atoms with Gasteiger partial charge in [-0.15, -0.1) is 0 Å². The van der Waals surface area contributed by atoms with Crippen molar-refractivity contribution in [2.45, 2.75) is 66.2 Å². The van der Waals surface area contributed by atoms with Crippen LogP contribution in [0.1, 0.15) is 66.2 Å². The highest BCUT2D eigenvalue weighted by Crippen LogP contribution is 2.21. The standard InChI is InChI=1S/C14H31N/c1-12(2)7-8-14(4)10-9-13(3)6-5-11-15/h12-14H,5-11,15H2,1-4H3. The number of nitrogens with two attached hydrogens (primary N) is 1. The second kappa shape index (κ2) is 9.21. The Bertz CT molecular complexity index is 131. The quantitative estimate of drug-likeness (QED) is 0.610. The molecule has 0 rings (SSSR count). The molecule has 0 saturated heterocycles. The Labute approximate surface area is 96.8 Å². The fraction of sp³-hybridized carbons (Fsp3) is 1.00. The Balaban J connectivity index is 3.39. The summed E-state index contributed by atoms with van der Waals surface area (Å²) in [6.45, 7) is 10.3. The molecular formula is C14H31N. The molecule has 0 saturated carbocycles. The van der Waals surface area contributed by atoms with Crippen LogP contribution in [0.4, 0.5) is 0 Å². The van der Waals surface area contributed by atoms with E-state index in [1.807, 2.05) is 0 Å². The van der Waals surface area contributed by atoms with Gasteiger partial charge in [0.1, 0.15) is 0 Å². The van der Waals surface area contributed by atoms with E-state index >= 15 is 0 Å². The highest BCUT2D eigenvalue weighted by molar-refractivity contribution is 4.60. The van der Waals surface area contributed by atoms with Gasteiger partial charge in [0.05, 0.1) is 0 Å². The zero-order valence-corrected chi connectivity index (χ0v) is 11.3. The third-order valence-electron chi connectivity index (χ3n) is 3.29. The molecule has 0 heterocycles. The van der Waals surface area contributed by atoms with Gasteiger partial charge in [-0.25, -0.2) is 0 Å². The van der Waals surface area contributed by atoms with Crippen molar-refractivity contribution < 1.29 is 0 Å². The predicted octanol–water partition coefficient (Wildman–Crippen LogP) is 4.21. The van der Waals surface area contributed by atoms with E-state index in [2.05, 4.69) is 27.7 Å². The van der Waals surface area contributed by atoms with Gasteiger partial charge in [-0.05, 0) is 37.1 Å². The summed E-state index contributed by atoms with van der Waals surface area (Å²) in [4.78, 5) is 0. The van der Waals surface area contributed by atoms with Gasteiger partial charge in [0.25, 0.3) is 0 Å². The van der Waals surface area contributed by atoms with Crippen LogP contribution in [0.15, 0.2) is 0 Å². The van der Waals surface area contributed by atoms with E-state index in [9.17, 15) is 0 Å². The molecule has 1 heteroatoms. The van der Waals surface area contributed by atoms with Crippen LogP contribution in [-0.4, -0.2) is 6.54 Å². The molecule has 1 nitrogen and oxygen atoms in total. The highest BCUT2D eigenvalue weighted by Gasteiger charge is 2.07. The summed E-state index contributed by atoms with van der Waals surface area (Å²) < 4.78 is 0. The van der Waals surface area contributed by atoms with E-state index in [0.29, 0.717) is 0 Å². The number of hydrogen-bond acceptors (Lipinski definition) is 1. The van der Waals surface area contributed by atoms with Crippen molar-refractivity contribution in [3.05, 3.63) is 0 Å². The van der Waals surface area contributed by atoms with Gasteiger partial charge in [-0.1, -0.05) is 53.4 Å². The molecule has 0 aromatic heterocycles. The van der Waals surface area contributed by atoms with Crippen molar-refractivity contribution in [2.24, 2.45) is 23.5 Å². The van der Waals surface area contributed by atoms with Crippen LogP contribution in [0, 0.1) is 17.8 Å². The van der Waals surface area contributed by atoms with Gasteiger partial charge in [0, 0.05) is 0 Å². The second-order valence-electron chi connectivity index (χ2n) is 5.69. The molecule has 2 N–H and O–H groups in total. The van der Waals surface area contributed by atoms with Crippen molar-refractivity contribution >= 4 is 0 Å². The lowest BCUT2D eigenvalue weighted by molar-refractivity contribution is 0.371. The van der Waals surface area contributed by atoms with Gasteiger partial charge in [0.15, 0.2) is 0 Å². The van der Waals surface area contributed by atoms with Crippen LogP contribution in [0.5, 0.6) is 0 Å². The fourth-order valence-corrected chi connectivity index (χ4v) is 1.94. The van der Waals surface area contributed by atoms with Crippen LogP contribution in [-0.2, 0) is 0 Å². The molecule has 0 bridgehead atoms. The summed E-state index contributed by atoms with van der Waals surface area (Å²) >= 11 is 0. The Morgan fingerprint density at radius 3 is 1.67 bits per heavy atom. The minimum absolute atomic E-state index is 0.854. The lowest BCUT2D eigenvalue weighted by atomic mass is 9.91. The summed E-state index contributed by atoms with van der Waals surface area (Å²) in [6, 6.07) is 0. The maximum atomic E-state index is 5.51. The van der Waals surface area contributed by atoms with Gasteiger partial charge >= 0.3 is 0 Å². The SMILES string of the molecule is CC(C)CCC(C)CCC(C)CCCN. The average Bonchev–Trinajstić information content (AvgIpc) is 2.20. The smallest absolute Gasteiger partial charge is 0.00772 e. The largest absolute Gasteiger partial charge is 0.330 e. The van der Waals surface area contributed by atoms with Crippen LogP contribution >= 0.6 is 0 Å². The van der Waals surface area contributed by atoms with Crippen molar-refractivity contribution in [3.8, 4) is 0 Å². The maximum absolute atomic E-state index is 5.51. The van der Waals surface area contributed by atoms with Crippen molar-refractivity contribution in [3.63, 3.8) is 0 Å². The van der Waals surface area contributed by atoms with Crippen LogP contribution in [0.3, 0.4) is 0 Å². The van der Waals surface area contributed by atoms with E-state index in [0.717, 1.165) is 24.3 Å². The first kappa shape index (κ1) is 15.0. The third-order valence-corrected chi connectivity index (χ3v) is 3.29. The summed E-state index contributed by atoms with van der Waals surface area (Å²) in [5.74, 6) is 2.64. The van der Waals surface area contributed by atoms with Gasteiger partial charge < -0.3 is 5.73 Å². The normalized spacial score (nSPS) is 15.6. The van der Waals surface area contributed by atoms with Crippen molar-refractivity contribution in [2.75, 3.05) is 6.54 Å². The first-order valence-electron chi connectivity index (χ1n) is 6.76. The first-order valence-corrected chi connectivity index (χ1v) is 6.76. The predicted molar refractivity (Wildman–Crippen MR) is 69.9 cm³/mol. The van der Waals surface area contributed by atoms with Crippen LogP contribution < -0.4 is 5.73 Å². The Hall–Kier alpha value is -0.0400. The van der Waals surface area contributed by atoms with E-state index in [1.165, 1.54) is 38.5 Å². The molecule has 0 aliphatic rings. The average molecular weight is 213 g/mol. The van der Waals surface area contributed by atoms with Crippen LogP contribution in [0.2, 0.25) is 0 Å². The van der Waals surface area contributed by atoms with Crippen molar-refractivity contribution in [1.29, 1.82) is 0 Å². The molecule has 0 aliphatic carbocycles. The molecule has 2 atom stereocenters. The lowest BCUT2D eigenvalue weighted by Gasteiger charge is -2.16. The fourth-order valence-electron chi connectivity index (χ4n) is 1.94. The molecule has 92 valence electrons. The van der Waals surface area contributed by atoms with E-state index in [1.54, 1.807) is 0 Å². The highest BCUT2D eigenvalue weighted by atomic mass is 14.5. The number of rotatable bonds is 9. The van der Waals surface area contributed by atoms with Crippen molar-refractivity contribution in [1.82, 2.24) is 0 Å². The summed E-state index contributed by atoms with van der Waals surface area (Å²) in [5, 5.41) is 0. The molecule has 0 aliphatic heterocycles. The molecule has 2 unspecified atom stereocenters. The summed E-state index contributed by atoms with van der Waals surface area (Å²) in [5.41, 5.74) is 5.51. The number of hydrogen-bond donors (Lipinski definition) is 1. The molecule has 0 radical (unpaired) electrons. The van der Waals surface area contributed by atoms with Crippen LogP contribution in [0.25, 0.3) is 0 Å². The van der Waals surface area contributed by atoms with Gasteiger partial charge in [-0.3, -0.25) is 0 Å². The van der Waals surface area contributed by atoms with Gasteiger partial charge in [-0.2, -0.15) is 0 Å². The molecule has 0 aromatic rings. The Kier molecular flexibility index (Phi) is 9.18. The second-order valence-corrected chi connectivity index (χ2v) is 5.69. The molecule has 0 amide bonds. The molecule has 0 spiro atoms.